The molecule has 202 valence electrons. The summed E-state index contributed by atoms with van der Waals surface area (Å²) in [7, 11) is -8.07. The molecule has 0 atom stereocenters. The van der Waals surface area contributed by atoms with Gasteiger partial charge < -0.3 is 10.1 Å². The van der Waals surface area contributed by atoms with Crippen molar-refractivity contribution in [2.24, 2.45) is 0 Å². The van der Waals surface area contributed by atoms with Crippen molar-refractivity contribution in [3.8, 4) is 5.75 Å². The van der Waals surface area contributed by atoms with E-state index >= 15 is 0 Å². The molecule has 0 unspecified atom stereocenters. The second-order valence-electron chi connectivity index (χ2n) is 8.00. The fraction of sp³-hybridized carbons (Fsp3) is 0.115. The van der Waals surface area contributed by atoms with Crippen LogP contribution in [0.2, 0.25) is 0 Å². The summed E-state index contributed by atoms with van der Waals surface area (Å²) in [4.78, 5) is 20.5. The number of anilines is 3. The first-order chi connectivity index (χ1) is 18.7. The molecule has 0 fully saturated rings. The highest BCUT2D eigenvalue weighted by Gasteiger charge is 2.27. The van der Waals surface area contributed by atoms with Gasteiger partial charge in [0.1, 0.15) is 12.3 Å². The zero-order valence-corrected chi connectivity index (χ0v) is 22.4. The summed E-state index contributed by atoms with van der Waals surface area (Å²) in [6.45, 7) is 1.74. The number of carbonyl (C=O) groups excluding carboxylic acids is 1. The molecule has 0 aliphatic heterocycles. The normalized spacial score (nSPS) is 11.4. The third kappa shape index (κ3) is 6.89. The average Bonchev–Trinajstić information content (AvgIpc) is 2.93. The Morgan fingerprint density at radius 3 is 2.05 bits per heavy atom. The predicted octanol–water partition coefficient (Wildman–Crippen LogP) is 3.51. The molecule has 0 spiro atoms. The minimum atomic E-state index is -4.11. The van der Waals surface area contributed by atoms with Crippen LogP contribution in [0.4, 0.5) is 17.3 Å². The van der Waals surface area contributed by atoms with Gasteiger partial charge in [0.05, 0.1) is 22.1 Å². The number of hydrogen-bond donors (Lipinski definition) is 2. The molecule has 0 saturated carbocycles. The summed E-state index contributed by atoms with van der Waals surface area (Å²) in [5.41, 5.74) is 0.582. The standard InChI is InChI=1S/C26H25N5O6S2/c1-2-37-22-11-15-24(16-12-22)39(35,36)31(21-7-4-3-5-8-21)19-25(32)29-20-9-13-23(14-10-20)38(33,34)30-26-27-17-6-18-28-26/h3-18H,2,19H2,1H3,(H,29,32)(H,27,28,30). The molecule has 4 aromatic rings. The number of nitrogens with one attached hydrogen (secondary N) is 2. The van der Waals surface area contributed by atoms with Crippen LogP contribution in [-0.2, 0) is 24.8 Å². The third-order valence-electron chi connectivity index (χ3n) is 5.29. The number of hydrogen-bond acceptors (Lipinski definition) is 8. The molecule has 4 rings (SSSR count). The first kappa shape index (κ1) is 27.5. The molecule has 2 N–H and O–H groups in total. The highest BCUT2D eigenvalue weighted by molar-refractivity contribution is 7.93. The molecule has 1 amide bonds. The number of nitrogens with zero attached hydrogens (tertiary/aromatic N) is 3. The highest BCUT2D eigenvalue weighted by Crippen LogP contribution is 2.25. The van der Waals surface area contributed by atoms with Gasteiger partial charge in [0.25, 0.3) is 20.0 Å². The Bertz CT molecular complexity index is 1620. The Morgan fingerprint density at radius 1 is 0.821 bits per heavy atom. The molecule has 13 heteroatoms. The number of para-hydroxylation sites is 1. The molecular weight excluding hydrogens is 542 g/mol. The quantitative estimate of drug-likeness (QED) is 0.280. The van der Waals surface area contributed by atoms with Crippen molar-refractivity contribution >= 4 is 43.3 Å². The largest absolute Gasteiger partial charge is 0.494 e. The number of amides is 1. The molecule has 39 heavy (non-hydrogen) atoms. The van der Waals surface area contributed by atoms with Crippen LogP contribution in [0.25, 0.3) is 0 Å². The van der Waals surface area contributed by atoms with Crippen molar-refractivity contribution in [3.63, 3.8) is 0 Å². The summed E-state index contributed by atoms with van der Waals surface area (Å²) in [6.07, 6.45) is 2.80. The fourth-order valence-electron chi connectivity index (χ4n) is 3.49. The van der Waals surface area contributed by atoms with E-state index < -0.39 is 32.5 Å². The minimum absolute atomic E-state index is 0.00735. The van der Waals surface area contributed by atoms with E-state index in [9.17, 15) is 21.6 Å². The Labute approximate surface area is 226 Å². The second-order valence-corrected chi connectivity index (χ2v) is 11.5. The number of aromatic nitrogens is 2. The van der Waals surface area contributed by atoms with Crippen LogP contribution in [0.5, 0.6) is 5.75 Å². The topological polar surface area (TPSA) is 148 Å². The van der Waals surface area contributed by atoms with Crippen molar-refractivity contribution in [1.82, 2.24) is 9.97 Å². The van der Waals surface area contributed by atoms with Crippen molar-refractivity contribution in [1.29, 1.82) is 0 Å². The zero-order valence-electron chi connectivity index (χ0n) is 20.8. The molecule has 0 aliphatic carbocycles. The van der Waals surface area contributed by atoms with E-state index in [1.165, 1.54) is 48.8 Å². The minimum Gasteiger partial charge on any atom is -0.494 e. The lowest BCUT2D eigenvalue weighted by atomic mass is 10.3. The van der Waals surface area contributed by atoms with Gasteiger partial charge in [-0.1, -0.05) is 18.2 Å². The molecule has 0 radical (unpaired) electrons. The van der Waals surface area contributed by atoms with Crippen LogP contribution in [0.3, 0.4) is 0 Å². The Hall–Kier alpha value is -4.49. The van der Waals surface area contributed by atoms with E-state index in [1.54, 1.807) is 48.5 Å². The third-order valence-corrected chi connectivity index (χ3v) is 8.43. The van der Waals surface area contributed by atoms with Crippen molar-refractivity contribution in [2.45, 2.75) is 16.7 Å². The van der Waals surface area contributed by atoms with Gasteiger partial charge in [-0.05, 0) is 73.7 Å². The van der Waals surface area contributed by atoms with Crippen molar-refractivity contribution in [2.75, 3.05) is 27.5 Å². The van der Waals surface area contributed by atoms with E-state index in [1.807, 2.05) is 6.92 Å². The number of sulfonamides is 2. The van der Waals surface area contributed by atoms with E-state index in [2.05, 4.69) is 20.0 Å². The fourth-order valence-corrected chi connectivity index (χ4v) is 5.87. The van der Waals surface area contributed by atoms with Crippen LogP contribution < -0.4 is 19.1 Å². The van der Waals surface area contributed by atoms with Gasteiger partial charge in [-0.25, -0.2) is 31.5 Å². The van der Waals surface area contributed by atoms with E-state index in [0.717, 1.165) is 4.31 Å². The number of carbonyl (C=O) groups is 1. The van der Waals surface area contributed by atoms with Gasteiger partial charge in [0, 0.05) is 18.1 Å². The maximum Gasteiger partial charge on any atom is 0.264 e. The van der Waals surface area contributed by atoms with E-state index in [4.69, 9.17) is 4.74 Å². The summed E-state index contributed by atoms with van der Waals surface area (Å²) >= 11 is 0. The zero-order chi connectivity index (χ0) is 27.9. The molecule has 1 heterocycles. The van der Waals surface area contributed by atoms with Crippen LogP contribution in [0.15, 0.2) is 107 Å². The Balaban J connectivity index is 1.51. The summed E-state index contributed by atoms with van der Waals surface area (Å²) in [5.74, 6) is -0.179. The van der Waals surface area contributed by atoms with Gasteiger partial charge >= 0.3 is 0 Å². The lowest BCUT2D eigenvalue weighted by Gasteiger charge is -2.24. The maximum atomic E-state index is 13.5. The van der Waals surface area contributed by atoms with Crippen LogP contribution >= 0.6 is 0 Å². The van der Waals surface area contributed by atoms with Gasteiger partial charge in [-0.2, -0.15) is 0 Å². The highest BCUT2D eigenvalue weighted by atomic mass is 32.2. The van der Waals surface area contributed by atoms with E-state index in [0.29, 0.717) is 18.0 Å². The number of ether oxygens (including phenoxy) is 1. The van der Waals surface area contributed by atoms with Crippen LogP contribution in [0, 0.1) is 0 Å². The van der Waals surface area contributed by atoms with Gasteiger partial charge in [-0.3, -0.25) is 9.10 Å². The molecule has 3 aromatic carbocycles. The van der Waals surface area contributed by atoms with Gasteiger partial charge in [0.2, 0.25) is 11.9 Å². The number of rotatable bonds is 11. The molecule has 0 saturated heterocycles. The Kier molecular flexibility index (Phi) is 8.42. The van der Waals surface area contributed by atoms with Crippen molar-refractivity contribution in [3.05, 3.63) is 97.3 Å². The monoisotopic (exact) mass is 567 g/mol. The second kappa shape index (κ2) is 11.9. The predicted molar refractivity (Wildman–Crippen MR) is 146 cm³/mol. The number of benzene rings is 3. The van der Waals surface area contributed by atoms with Crippen LogP contribution in [-0.4, -0.2) is 45.9 Å². The van der Waals surface area contributed by atoms with E-state index in [-0.39, 0.29) is 21.4 Å². The lowest BCUT2D eigenvalue weighted by molar-refractivity contribution is -0.114. The first-order valence-electron chi connectivity index (χ1n) is 11.7. The smallest absolute Gasteiger partial charge is 0.264 e. The summed E-state index contributed by atoms with van der Waals surface area (Å²) < 4.78 is 60.8. The molecule has 0 aliphatic rings. The van der Waals surface area contributed by atoms with Crippen LogP contribution in [0.1, 0.15) is 6.92 Å². The van der Waals surface area contributed by atoms with Crippen molar-refractivity contribution < 1.29 is 26.4 Å². The summed E-state index contributed by atoms with van der Waals surface area (Å²) in [6, 6.07) is 21.1. The maximum absolute atomic E-state index is 13.5. The molecular formula is C26H25N5O6S2. The molecule has 0 bridgehead atoms. The molecule has 11 nitrogen and oxygen atoms in total. The van der Waals surface area contributed by atoms with Gasteiger partial charge in [0.15, 0.2) is 0 Å². The Morgan fingerprint density at radius 2 is 1.44 bits per heavy atom. The SMILES string of the molecule is CCOc1ccc(S(=O)(=O)N(CC(=O)Nc2ccc(S(=O)(=O)Nc3ncccn3)cc2)c2ccccc2)cc1. The van der Waals surface area contributed by atoms with Gasteiger partial charge in [-0.15, -0.1) is 0 Å². The summed E-state index contributed by atoms with van der Waals surface area (Å²) in [5, 5.41) is 2.61. The molecule has 1 aromatic heterocycles. The average molecular weight is 568 g/mol. The lowest BCUT2D eigenvalue weighted by Crippen LogP contribution is -2.38. The first-order valence-corrected chi connectivity index (χ1v) is 14.6.